The molecule has 0 saturated heterocycles. The number of rotatable bonds is 4. The lowest BCUT2D eigenvalue weighted by Crippen LogP contribution is -2.36. The van der Waals surface area contributed by atoms with Gasteiger partial charge in [0.2, 0.25) is 6.43 Å². The first-order chi connectivity index (χ1) is 8.06. The molecule has 0 saturated carbocycles. The van der Waals surface area contributed by atoms with Gasteiger partial charge in [0.05, 0.1) is 7.11 Å². The Labute approximate surface area is 98.9 Å². The van der Waals surface area contributed by atoms with E-state index in [0.29, 0.717) is 0 Å². The molecule has 0 amide bonds. The van der Waals surface area contributed by atoms with Crippen LogP contribution >= 0.6 is 0 Å². The summed E-state index contributed by atoms with van der Waals surface area (Å²) in [6, 6.07) is -0.903. The second-order valence-corrected chi connectivity index (χ2v) is 2.79. The van der Waals surface area contributed by atoms with Crippen LogP contribution in [0.4, 0.5) is 22.0 Å². The van der Waals surface area contributed by atoms with Gasteiger partial charge in [-0.3, -0.25) is 4.79 Å². The number of carboxylic acids is 1. The molecule has 0 aliphatic heterocycles. The number of aliphatic carboxylic acids is 1. The number of esters is 1. The number of halogens is 5. The largest absolute Gasteiger partial charge is 0.490 e. The molecule has 0 fully saturated rings. The summed E-state index contributed by atoms with van der Waals surface area (Å²) in [6.07, 6.45) is -8.09. The number of carbonyl (C=O) groups excluding carboxylic acids is 1. The van der Waals surface area contributed by atoms with Gasteiger partial charge in [0.25, 0.3) is 0 Å². The number of ether oxygens (including phenoxy) is 1. The molecule has 0 radical (unpaired) electrons. The SMILES string of the molecule is CN[C@H](CC(F)F)C(=O)OC.O=C(O)C(F)(F)F. The smallest absolute Gasteiger partial charge is 0.475 e. The Morgan fingerprint density at radius 2 is 1.72 bits per heavy atom. The molecule has 0 aliphatic rings. The molecule has 0 aromatic heterocycles. The predicted octanol–water partition coefficient (Wildman–Crippen LogP) is 1.04. The van der Waals surface area contributed by atoms with Crippen LogP contribution in [0, 0.1) is 0 Å². The number of carboxylic acid groups (broad SMARTS) is 1. The van der Waals surface area contributed by atoms with Crippen LogP contribution in [0.5, 0.6) is 0 Å². The standard InChI is InChI=1S/C6H11F2NO2.C2HF3O2/c1-9-4(3-5(7)8)6(10)11-2;3-2(4,5)1(6)7/h4-5,9H,3H2,1-2H3;(H,6,7)/t4-;/m1./s1. The van der Waals surface area contributed by atoms with Gasteiger partial charge in [0, 0.05) is 6.42 Å². The molecule has 10 heteroatoms. The topological polar surface area (TPSA) is 75.6 Å². The molecule has 108 valence electrons. The van der Waals surface area contributed by atoms with Crippen LogP contribution in [0.2, 0.25) is 0 Å². The van der Waals surface area contributed by atoms with Gasteiger partial charge < -0.3 is 15.2 Å². The van der Waals surface area contributed by atoms with Crippen molar-refractivity contribution in [3.63, 3.8) is 0 Å². The van der Waals surface area contributed by atoms with E-state index in [4.69, 9.17) is 9.90 Å². The highest BCUT2D eigenvalue weighted by molar-refractivity contribution is 5.75. The first kappa shape index (κ1) is 18.9. The van der Waals surface area contributed by atoms with E-state index in [1.807, 2.05) is 0 Å². The number of carbonyl (C=O) groups is 2. The number of nitrogens with one attached hydrogen (secondary N) is 1. The highest BCUT2D eigenvalue weighted by atomic mass is 19.4. The second kappa shape index (κ2) is 8.61. The van der Waals surface area contributed by atoms with Crippen LogP contribution in [0.15, 0.2) is 0 Å². The molecule has 2 N–H and O–H groups in total. The number of alkyl halides is 5. The maximum absolute atomic E-state index is 11.7. The predicted molar refractivity (Wildman–Crippen MR) is 49.2 cm³/mol. The maximum Gasteiger partial charge on any atom is 0.490 e. The van der Waals surface area contributed by atoms with Gasteiger partial charge in [-0.2, -0.15) is 13.2 Å². The van der Waals surface area contributed by atoms with Crippen molar-refractivity contribution in [3.8, 4) is 0 Å². The number of methoxy groups -OCH3 is 1. The summed E-state index contributed by atoms with van der Waals surface area (Å²) in [5, 5.41) is 9.55. The molecule has 5 nitrogen and oxygen atoms in total. The van der Waals surface area contributed by atoms with Crippen LogP contribution in [0.25, 0.3) is 0 Å². The van der Waals surface area contributed by atoms with Crippen LogP contribution in [-0.4, -0.2) is 49.8 Å². The van der Waals surface area contributed by atoms with Crippen LogP contribution in [0.1, 0.15) is 6.42 Å². The lowest BCUT2D eigenvalue weighted by Gasteiger charge is -2.11. The summed E-state index contributed by atoms with van der Waals surface area (Å²) in [7, 11) is 2.60. The van der Waals surface area contributed by atoms with Crippen molar-refractivity contribution in [1.82, 2.24) is 5.32 Å². The van der Waals surface area contributed by atoms with Gasteiger partial charge in [-0.25, -0.2) is 13.6 Å². The van der Waals surface area contributed by atoms with Gasteiger partial charge in [0.15, 0.2) is 0 Å². The van der Waals surface area contributed by atoms with Gasteiger partial charge in [0.1, 0.15) is 6.04 Å². The zero-order chi connectivity index (χ0) is 14.9. The van der Waals surface area contributed by atoms with Crippen molar-refractivity contribution in [1.29, 1.82) is 0 Å². The Hall–Kier alpha value is -1.45. The van der Waals surface area contributed by atoms with Gasteiger partial charge in [-0.05, 0) is 7.05 Å². The fraction of sp³-hybridized carbons (Fsp3) is 0.750. The summed E-state index contributed by atoms with van der Waals surface area (Å²) in [6.45, 7) is 0. The van der Waals surface area contributed by atoms with E-state index in [0.717, 1.165) is 7.11 Å². The lowest BCUT2D eigenvalue weighted by atomic mass is 10.2. The van der Waals surface area contributed by atoms with E-state index in [2.05, 4.69) is 10.1 Å². The summed E-state index contributed by atoms with van der Waals surface area (Å²) < 4.78 is 59.4. The van der Waals surface area contributed by atoms with E-state index in [1.165, 1.54) is 7.05 Å². The van der Waals surface area contributed by atoms with E-state index >= 15 is 0 Å². The highest BCUT2D eigenvalue weighted by Crippen LogP contribution is 2.13. The Balaban J connectivity index is 0. The van der Waals surface area contributed by atoms with Crippen LogP contribution in [-0.2, 0) is 14.3 Å². The van der Waals surface area contributed by atoms with E-state index in [9.17, 15) is 26.7 Å². The molecular formula is C8H12F5NO4. The summed E-state index contributed by atoms with van der Waals surface area (Å²) >= 11 is 0. The normalized spacial score (nSPS) is 12.4. The van der Waals surface area contributed by atoms with E-state index < -0.39 is 37.0 Å². The third kappa shape index (κ3) is 9.75. The summed E-state index contributed by atoms with van der Waals surface area (Å²) in [4.78, 5) is 19.6. The highest BCUT2D eigenvalue weighted by Gasteiger charge is 2.38. The molecule has 0 aromatic rings. The minimum Gasteiger partial charge on any atom is -0.475 e. The van der Waals surface area contributed by atoms with Crippen LogP contribution in [0.3, 0.4) is 0 Å². The molecule has 0 heterocycles. The number of hydrogen-bond acceptors (Lipinski definition) is 4. The molecule has 0 aromatic carbocycles. The van der Waals surface area contributed by atoms with Crippen molar-refractivity contribution in [2.75, 3.05) is 14.2 Å². The average molecular weight is 281 g/mol. The minimum absolute atomic E-state index is 0.511. The first-order valence-corrected chi connectivity index (χ1v) is 4.39. The number of likely N-dealkylation sites (N-methyl/N-ethyl adjacent to an activating group) is 1. The Bertz CT molecular complexity index is 269. The summed E-state index contributed by atoms with van der Waals surface area (Å²) in [5.41, 5.74) is 0. The minimum atomic E-state index is -5.08. The second-order valence-electron chi connectivity index (χ2n) is 2.79. The fourth-order valence-electron chi connectivity index (χ4n) is 0.652. The molecule has 0 bridgehead atoms. The lowest BCUT2D eigenvalue weighted by molar-refractivity contribution is -0.192. The first-order valence-electron chi connectivity index (χ1n) is 4.39. The van der Waals surface area contributed by atoms with Gasteiger partial charge in [-0.1, -0.05) is 0 Å². The zero-order valence-corrected chi connectivity index (χ0v) is 9.42. The third-order valence-corrected chi connectivity index (χ3v) is 1.49. The third-order valence-electron chi connectivity index (χ3n) is 1.49. The van der Waals surface area contributed by atoms with Gasteiger partial charge >= 0.3 is 18.1 Å². The van der Waals surface area contributed by atoms with Gasteiger partial charge in [-0.15, -0.1) is 0 Å². The Morgan fingerprint density at radius 3 is 1.89 bits per heavy atom. The van der Waals surface area contributed by atoms with Crippen LogP contribution < -0.4 is 5.32 Å². The Morgan fingerprint density at radius 1 is 1.33 bits per heavy atom. The molecular weight excluding hydrogens is 269 g/mol. The van der Waals surface area contributed by atoms with E-state index in [-0.39, 0.29) is 0 Å². The maximum atomic E-state index is 11.7. The monoisotopic (exact) mass is 281 g/mol. The quantitative estimate of drug-likeness (QED) is 0.594. The molecule has 0 rings (SSSR count). The molecule has 1 atom stereocenters. The Kier molecular flexibility index (Phi) is 9.05. The van der Waals surface area contributed by atoms with Crippen molar-refractivity contribution >= 4 is 11.9 Å². The molecule has 0 unspecified atom stereocenters. The van der Waals surface area contributed by atoms with Crippen molar-refractivity contribution < 1.29 is 41.4 Å². The fourth-order valence-corrected chi connectivity index (χ4v) is 0.652. The van der Waals surface area contributed by atoms with Crippen molar-refractivity contribution in [2.45, 2.75) is 25.1 Å². The van der Waals surface area contributed by atoms with E-state index in [1.54, 1.807) is 0 Å². The number of hydrogen-bond donors (Lipinski definition) is 2. The van der Waals surface area contributed by atoms with Crippen molar-refractivity contribution in [3.05, 3.63) is 0 Å². The summed E-state index contributed by atoms with van der Waals surface area (Å²) in [5.74, 6) is -3.42. The molecule has 18 heavy (non-hydrogen) atoms. The molecule has 0 aliphatic carbocycles. The zero-order valence-electron chi connectivity index (χ0n) is 9.42. The van der Waals surface area contributed by atoms with Crippen molar-refractivity contribution in [2.24, 2.45) is 0 Å². The average Bonchev–Trinajstić information content (AvgIpc) is 2.24. The molecule has 0 spiro atoms.